The standard InChI is InChI=1S/C18H37N/c1-3-4-5-6-7-8-9-10-11-12-13-14-15-16-17-18(2)19/h9-10,18H,3-8,11-17,19H2,1-2H3. The highest BCUT2D eigenvalue weighted by molar-refractivity contribution is 4.81. The van der Waals surface area contributed by atoms with Gasteiger partial charge in [0.2, 0.25) is 0 Å². The van der Waals surface area contributed by atoms with Crippen molar-refractivity contribution < 1.29 is 0 Å². The lowest BCUT2D eigenvalue weighted by Gasteiger charge is -2.03. The van der Waals surface area contributed by atoms with Crippen LogP contribution >= 0.6 is 0 Å². The third kappa shape index (κ3) is 17.7. The fraction of sp³-hybridized carbons (Fsp3) is 0.889. The molecule has 1 unspecified atom stereocenters. The first-order valence-electron chi connectivity index (χ1n) is 8.68. The van der Waals surface area contributed by atoms with E-state index in [2.05, 4.69) is 26.0 Å². The molecule has 0 aromatic rings. The third-order valence-electron chi connectivity index (χ3n) is 3.67. The van der Waals surface area contributed by atoms with Gasteiger partial charge >= 0.3 is 0 Å². The van der Waals surface area contributed by atoms with Crippen LogP contribution in [0, 0.1) is 0 Å². The molecule has 1 atom stereocenters. The molecule has 0 saturated carbocycles. The molecule has 0 spiro atoms. The van der Waals surface area contributed by atoms with Crippen LogP contribution in [-0.2, 0) is 0 Å². The average molecular weight is 268 g/mol. The summed E-state index contributed by atoms with van der Waals surface area (Å²) in [4.78, 5) is 0. The van der Waals surface area contributed by atoms with Gasteiger partial charge in [-0.2, -0.15) is 0 Å². The second-order valence-corrected chi connectivity index (χ2v) is 6.00. The maximum absolute atomic E-state index is 5.73. The molecule has 0 amide bonds. The van der Waals surface area contributed by atoms with Crippen LogP contribution in [0.2, 0.25) is 0 Å². The largest absolute Gasteiger partial charge is 0.328 e. The van der Waals surface area contributed by atoms with E-state index >= 15 is 0 Å². The van der Waals surface area contributed by atoms with Crippen LogP contribution in [0.4, 0.5) is 0 Å². The fourth-order valence-corrected chi connectivity index (χ4v) is 2.36. The van der Waals surface area contributed by atoms with E-state index in [9.17, 15) is 0 Å². The minimum Gasteiger partial charge on any atom is -0.328 e. The highest BCUT2D eigenvalue weighted by atomic mass is 14.6. The van der Waals surface area contributed by atoms with Gasteiger partial charge in [0.05, 0.1) is 0 Å². The molecule has 0 aliphatic carbocycles. The number of hydrogen-bond donors (Lipinski definition) is 1. The van der Waals surface area contributed by atoms with E-state index in [1.54, 1.807) is 0 Å². The smallest absolute Gasteiger partial charge is 0.00104 e. The summed E-state index contributed by atoms with van der Waals surface area (Å²) in [6, 6.07) is 0.389. The Morgan fingerprint density at radius 2 is 1.21 bits per heavy atom. The zero-order chi connectivity index (χ0) is 14.2. The van der Waals surface area contributed by atoms with Crippen LogP contribution in [0.15, 0.2) is 12.2 Å². The second kappa shape index (κ2) is 15.8. The topological polar surface area (TPSA) is 26.0 Å². The maximum atomic E-state index is 5.73. The first kappa shape index (κ1) is 18.7. The minimum atomic E-state index is 0.389. The SMILES string of the molecule is CCCCCCCC=CCCCCCCCC(C)N. The molecule has 0 aromatic heterocycles. The molecule has 0 fully saturated rings. The van der Waals surface area contributed by atoms with Crippen molar-refractivity contribution in [2.24, 2.45) is 5.73 Å². The molecule has 0 heterocycles. The molecule has 0 radical (unpaired) electrons. The van der Waals surface area contributed by atoms with Crippen molar-refractivity contribution in [2.75, 3.05) is 0 Å². The number of rotatable bonds is 14. The normalized spacial score (nSPS) is 13.2. The molecule has 0 aliphatic rings. The van der Waals surface area contributed by atoms with Crippen molar-refractivity contribution in [2.45, 2.75) is 103 Å². The Bertz CT molecular complexity index is 184. The van der Waals surface area contributed by atoms with Crippen LogP contribution in [0.25, 0.3) is 0 Å². The number of allylic oxidation sites excluding steroid dienone is 2. The second-order valence-electron chi connectivity index (χ2n) is 6.00. The summed E-state index contributed by atoms with van der Waals surface area (Å²) in [6.07, 6.45) is 22.3. The summed E-state index contributed by atoms with van der Waals surface area (Å²) >= 11 is 0. The third-order valence-corrected chi connectivity index (χ3v) is 3.67. The molecule has 0 aliphatic heterocycles. The van der Waals surface area contributed by atoms with Gasteiger partial charge in [0.25, 0.3) is 0 Å². The predicted molar refractivity (Wildman–Crippen MR) is 88.5 cm³/mol. The van der Waals surface area contributed by atoms with Crippen molar-refractivity contribution in [3.05, 3.63) is 12.2 Å². The zero-order valence-corrected chi connectivity index (χ0v) is 13.5. The van der Waals surface area contributed by atoms with E-state index in [4.69, 9.17) is 5.73 Å². The summed E-state index contributed by atoms with van der Waals surface area (Å²) < 4.78 is 0. The molecule has 114 valence electrons. The number of nitrogens with two attached hydrogens (primary N) is 1. The van der Waals surface area contributed by atoms with E-state index in [0.717, 1.165) is 0 Å². The van der Waals surface area contributed by atoms with Crippen molar-refractivity contribution in [3.63, 3.8) is 0 Å². The van der Waals surface area contributed by atoms with Crippen LogP contribution in [0.1, 0.15) is 97.3 Å². The molecule has 1 heteroatoms. The Balaban J connectivity index is 3.04. The summed E-state index contributed by atoms with van der Waals surface area (Å²) in [5, 5.41) is 0. The van der Waals surface area contributed by atoms with Gasteiger partial charge in [-0.15, -0.1) is 0 Å². The van der Waals surface area contributed by atoms with Crippen molar-refractivity contribution >= 4 is 0 Å². The lowest BCUT2D eigenvalue weighted by atomic mass is 10.1. The van der Waals surface area contributed by atoms with Crippen LogP contribution in [-0.4, -0.2) is 6.04 Å². The molecule has 0 aromatic carbocycles. The van der Waals surface area contributed by atoms with Gasteiger partial charge in [0.15, 0.2) is 0 Å². The van der Waals surface area contributed by atoms with E-state index in [1.807, 2.05) is 0 Å². The quantitative estimate of drug-likeness (QED) is 0.304. The molecular weight excluding hydrogens is 230 g/mol. The summed E-state index contributed by atoms with van der Waals surface area (Å²) in [5.41, 5.74) is 5.73. The molecule has 0 bridgehead atoms. The molecule has 2 N–H and O–H groups in total. The molecular formula is C18H37N. The van der Waals surface area contributed by atoms with Crippen molar-refractivity contribution in [1.29, 1.82) is 0 Å². The van der Waals surface area contributed by atoms with E-state index < -0.39 is 0 Å². The lowest BCUT2D eigenvalue weighted by molar-refractivity contribution is 0.557. The number of unbranched alkanes of at least 4 members (excludes halogenated alkanes) is 10. The lowest BCUT2D eigenvalue weighted by Crippen LogP contribution is -2.13. The first-order chi connectivity index (χ1) is 9.27. The number of hydrogen-bond acceptors (Lipinski definition) is 1. The van der Waals surface area contributed by atoms with Gasteiger partial charge in [0.1, 0.15) is 0 Å². The minimum absolute atomic E-state index is 0.389. The molecule has 19 heavy (non-hydrogen) atoms. The Kier molecular flexibility index (Phi) is 15.5. The Morgan fingerprint density at radius 1 is 0.737 bits per heavy atom. The highest BCUT2D eigenvalue weighted by Gasteiger charge is 1.94. The molecule has 1 nitrogen and oxygen atoms in total. The predicted octanol–water partition coefficient (Wildman–Crippen LogP) is 5.98. The van der Waals surface area contributed by atoms with Crippen LogP contribution < -0.4 is 5.73 Å². The van der Waals surface area contributed by atoms with E-state index in [-0.39, 0.29) is 0 Å². The van der Waals surface area contributed by atoms with E-state index in [1.165, 1.54) is 83.5 Å². The van der Waals surface area contributed by atoms with Gasteiger partial charge in [-0.3, -0.25) is 0 Å². The van der Waals surface area contributed by atoms with Crippen molar-refractivity contribution in [3.8, 4) is 0 Å². The maximum Gasteiger partial charge on any atom is 0.00104 e. The van der Waals surface area contributed by atoms with Gasteiger partial charge in [-0.05, 0) is 39.0 Å². The van der Waals surface area contributed by atoms with Crippen LogP contribution in [0.5, 0.6) is 0 Å². The van der Waals surface area contributed by atoms with Gasteiger partial charge in [-0.25, -0.2) is 0 Å². The summed E-state index contributed by atoms with van der Waals surface area (Å²) in [5.74, 6) is 0. The Labute approximate surface area is 122 Å². The molecule has 0 rings (SSSR count). The van der Waals surface area contributed by atoms with Gasteiger partial charge in [-0.1, -0.05) is 70.4 Å². The summed E-state index contributed by atoms with van der Waals surface area (Å²) in [6.45, 7) is 4.38. The summed E-state index contributed by atoms with van der Waals surface area (Å²) in [7, 11) is 0. The highest BCUT2D eigenvalue weighted by Crippen LogP contribution is 2.09. The monoisotopic (exact) mass is 267 g/mol. The van der Waals surface area contributed by atoms with Crippen molar-refractivity contribution in [1.82, 2.24) is 0 Å². The average Bonchev–Trinajstić information content (AvgIpc) is 2.39. The fourth-order valence-electron chi connectivity index (χ4n) is 2.36. The van der Waals surface area contributed by atoms with Gasteiger partial charge < -0.3 is 5.73 Å². The van der Waals surface area contributed by atoms with Gasteiger partial charge in [0, 0.05) is 6.04 Å². The molecule has 0 saturated heterocycles. The van der Waals surface area contributed by atoms with E-state index in [0.29, 0.717) is 6.04 Å². The van der Waals surface area contributed by atoms with Crippen LogP contribution in [0.3, 0.4) is 0 Å². The Morgan fingerprint density at radius 3 is 1.74 bits per heavy atom. The Hall–Kier alpha value is -0.300. The first-order valence-corrected chi connectivity index (χ1v) is 8.68. The zero-order valence-electron chi connectivity index (χ0n) is 13.5.